The number of benzene rings is 1. The highest BCUT2D eigenvalue weighted by molar-refractivity contribution is 5.42. The maximum absolute atomic E-state index is 9.39. The molecule has 1 nitrogen and oxygen atoms in total. The lowest BCUT2D eigenvalue weighted by atomic mass is 9.75. The molecule has 0 radical (unpaired) electrons. The van der Waals surface area contributed by atoms with E-state index < -0.39 is 6.10 Å². The molecule has 0 bridgehead atoms. The van der Waals surface area contributed by atoms with Gasteiger partial charge < -0.3 is 5.11 Å². The number of aliphatic hydroxyl groups excluding tert-OH is 1. The van der Waals surface area contributed by atoms with Crippen LogP contribution in [-0.4, -0.2) is 11.2 Å². The quantitative estimate of drug-likeness (QED) is 0.611. The molecule has 1 N–H and O–H groups in total. The molecular weight excluding hydrogens is 148 g/mol. The van der Waals surface area contributed by atoms with Crippen molar-refractivity contribution in [1.29, 1.82) is 0 Å². The third kappa shape index (κ3) is 0.929. The monoisotopic (exact) mass is 158 g/mol. The summed E-state index contributed by atoms with van der Waals surface area (Å²) in [5.74, 6) is 2.54. The van der Waals surface area contributed by atoms with Gasteiger partial charge in [-0.15, -0.1) is 6.42 Å². The summed E-state index contributed by atoms with van der Waals surface area (Å²) in [4.78, 5) is 0. The summed E-state index contributed by atoms with van der Waals surface area (Å²) >= 11 is 0. The molecule has 0 amide bonds. The van der Waals surface area contributed by atoms with Crippen LogP contribution < -0.4 is 0 Å². The fourth-order valence-corrected chi connectivity index (χ4v) is 1.70. The van der Waals surface area contributed by atoms with Crippen molar-refractivity contribution in [2.75, 3.05) is 0 Å². The van der Waals surface area contributed by atoms with Crippen LogP contribution in [0.15, 0.2) is 24.3 Å². The highest BCUT2D eigenvalue weighted by atomic mass is 16.3. The van der Waals surface area contributed by atoms with E-state index in [9.17, 15) is 5.11 Å². The highest BCUT2D eigenvalue weighted by Gasteiger charge is 2.30. The Bertz CT molecular complexity index is 335. The van der Waals surface area contributed by atoms with E-state index in [2.05, 4.69) is 12.0 Å². The van der Waals surface area contributed by atoms with E-state index in [1.54, 1.807) is 0 Å². The molecule has 2 atom stereocenters. The zero-order valence-corrected chi connectivity index (χ0v) is 6.70. The number of terminal acetylenes is 1. The normalized spacial score (nSPS) is 21.8. The van der Waals surface area contributed by atoms with Crippen molar-refractivity contribution in [3.63, 3.8) is 0 Å². The molecule has 1 aliphatic carbocycles. The maximum atomic E-state index is 9.39. The molecule has 1 aromatic carbocycles. The second-order valence-electron chi connectivity index (χ2n) is 3.12. The summed E-state index contributed by atoms with van der Waals surface area (Å²) in [6, 6.07) is 8.10. The van der Waals surface area contributed by atoms with Crippen molar-refractivity contribution in [3.8, 4) is 12.3 Å². The van der Waals surface area contributed by atoms with E-state index in [0.29, 0.717) is 0 Å². The lowest BCUT2D eigenvalue weighted by Crippen LogP contribution is -2.27. The summed E-state index contributed by atoms with van der Waals surface area (Å²) in [5.41, 5.74) is 2.53. The second-order valence-corrected chi connectivity index (χ2v) is 3.12. The number of aliphatic hydroxyl groups is 1. The summed E-state index contributed by atoms with van der Waals surface area (Å²) < 4.78 is 0. The maximum Gasteiger partial charge on any atom is 0.121 e. The van der Waals surface area contributed by atoms with Crippen LogP contribution in [0, 0.1) is 12.3 Å². The standard InChI is InChI=1S/C11H10O/c1-2-11(12)10-7-8-5-3-4-6-9(8)10/h1,3-6,10-12H,7H2. The van der Waals surface area contributed by atoms with Gasteiger partial charge in [-0.25, -0.2) is 0 Å². The van der Waals surface area contributed by atoms with Crippen molar-refractivity contribution in [2.24, 2.45) is 0 Å². The van der Waals surface area contributed by atoms with Gasteiger partial charge in [0.2, 0.25) is 0 Å². The third-order valence-corrected chi connectivity index (χ3v) is 2.45. The average molecular weight is 158 g/mol. The Hall–Kier alpha value is -1.26. The van der Waals surface area contributed by atoms with Crippen molar-refractivity contribution in [1.82, 2.24) is 0 Å². The zero-order chi connectivity index (χ0) is 8.55. The summed E-state index contributed by atoms with van der Waals surface area (Å²) in [6.45, 7) is 0. The molecular formula is C11H10O. The Morgan fingerprint density at radius 1 is 1.50 bits per heavy atom. The van der Waals surface area contributed by atoms with Crippen LogP contribution in [0.3, 0.4) is 0 Å². The van der Waals surface area contributed by atoms with Crippen molar-refractivity contribution in [2.45, 2.75) is 18.4 Å². The predicted molar refractivity (Wildman–Crippen MR) is 47.7 cm³/mol. The predicted octanol–water partition coefficient (Wildman–Crippen LogP) is 1.32. The minimum Gasteiger partial charge on any atom is -0.380 e. The van der Waals surface area contributed by atoms with Crippen LogP contribution in [0.4, 0.5) is 0 Å². The lowest BCUT2D eigenvalue weighted by Gasteiger charge is -2.31. The number of rotatable bonds is 1. The molecule has 0 aromatic heterocycles. The van der Waals surface area contributed by atoms with Crippen LogP contribution in [-0.2, 0) is 6.42 Å². The first kappa shape index (κ1) is 7.39. The molecule has 0 spiro atoms. The molecule has 0 saturated carbocycles. The fraction of sp³-hybridized carbons (Fsp3) is 0.273. The van der Waals surface area contributed by atoms with E-state index in [1.165, 1.54) is 11.1 Å². The minimum absolute atomic E-state index is 0.172. The van der Waals surface area contributed by atoms with Crippen LogP contribution in [0.2, 0.25) is 0 Å². The number of hydrogen-bond acceptors (Lipinski definition) is 1. The summed E-state index contributed by atoms with van der Waals surface area (Å²) in [5, 5.41) is 9.39. The van der Waals surface area contributed by atoms with Gasteiger partial charge in [-0.1, -0.05) is 30.2 Å². The molecule has 0 heterocycles. The van der Waals surface area contributed by atoms with E-state index in [0.717, 1.165) is 6.42 Å². The molecule has 60 valence electrons. The van der Waals surface area contributed by atoms with Gasteiger partial charge in [0, 0.05) is 5.92 Å². The van der Waals surface area contributed by atoms with E-state index in [1.807, 2.05) is 18.2 Å². The van der Waals surface area contributed by atoms with Crippen LogP contribution >= 0.6 is 0 Å². The summed E-state index contributed by atoms with van der Waals surface area (Å²) in [6.07, 6.45) is 5.45. The van der Waals surface area contributed by atoms with Crippen LogP contribution in [0.1, 0.15) is 17.0 Å². The number of fused-ring (bicyclic) bond motifs is 1. The lowest BCUT2D eigenvalue weighted by molar-refractivity contribution is 0.188. The Kier molecular flexibility index (Phi) is 1.64. The smallest absolute Gasteiger partial charge is 0.121 e. The summed E-state index contributed by atoms with van der Waals surface area (Å²) in [7, 11) is 0. The molecule has 0 saturated heterocycles. The Morgan fingerprint density at radius 2 is 2.25 bits per heavy atom. The van der Waals surface area contributed by atoms with Crippen molar-refractivity contribution < 1.29 is 5.11 Å². The van der Waals surface area contributed by atoms with Crippen LogP contribution in [0.25, 0.3) is 0 Å². The molecule has 0 aliphatic heterocycles. The molecule has 12 heavy (non-hydrogen) atoms. The van der Waals surface area contributed by atoms with Gasteiger partial charge in [-0.05, 0) is 17.5 Å². The van der Waals surface area contributed by atoms with Gasteiger partial charge in [0.25, 0.3) is 0 Å². The second kappa shape index (κ2) is 2.66. The Morgan fingerprint density at radius 3 is 2.92 bits per heavy atom. The molecule has 2 rings (SSSR count). The van der Waals surface area contributed by atoms with E-state index in [-0.39, 0.29) is 5.92 Å². The molecule has 1 heteroatoms. The SMILES string of the molecule is C#CC(O)C1Cc2ccccc21. The molecule has 0 fully saturated rings. The first-order chi connectivity index (χ1) is 5.83. The zero-order valence-electron chi connectivity index (χ0n) is 6.70. The topological polar surface area (TPSA) is 20.2 Å². The van der Waals surface area contributed by atoms with Crippen molar-refractivity contribution >= 4 is 0 Å². The first-order valence-corrected chi connectivity index (χ1v) is 4.05. The fourth-order valence-electron chi connectivity index (χ4n) is 1.70. The Labute approximate surface area is 72.0 Å². The largest absolute Gasteiger partial charge is 0.380 e. The van der Waals surface area contributed by atoms with Gasteiger partial charge >= 0.3 is 0 Å². The van der Waals surface area contributed by atoms with Gasteiger partial charge in [-0.2, -0.15) is 0 Å². The van der Waals surface area contributed by atoms with Gasteiger partial charge in [-0.3, -0.25) is 0 Å². The highest BCUT2D eigenvalue weighted by Crippen LogP contribution is 2.36. The van der Waals surface area contributed by atoms with Gasteiger partial charge in [0.1, 0.15) is 6.10 Å². The van der Waals surface area contributed by atoms with E-state index in [4.69, 9.17) is 6.42 Å². The van der Waals surface area contributed by atoms with E-state index >= 15 is 0 Å². The number of hydrogen-bond donors (Lipinski definition) is 1. The van der Waals surface area contributed by atoms with Gasteiger partial charge in [0.05, 0.1) is 0 Å². The third-order valence-electron chi connectivity index (χ3n) is 2.45. The molecule has 1 aliphatic rings. The minimum atomic E-state index is -0.611. The van der Waals surface area contributed by atoms with Gasteiger partial charge in [0.15, 0.2) is 0 Å². The first-order valence-electron chi connectivity index (χ1n) is 4.05. The van der Waals surface area contributed by atoms with Crippen molar-refractivity contribution in [3.05, 3.63) is 35.4 Å². The average Bonchev–Trinajstić information content (AvgIpc) is 2.07. The van der Waals surface area contributed by atoms with Crippen LogP contribution in [0.5, 0.6) is 0 Å². The molecule has 2 unspecified atom stereocenters. The molecule has 1 aromatic rings. The Balaban J connectivity index is 2.27.